The first kappa shape index (κ1) is 13.9. The van der Waals surface area contributed by atoms with E-state index in [1.165, 1.54) is 11.1 Å². The lowest BCUT2D eigenvalue weighted by molar-refractivity contribution is -0.134. The third-order valence-corrected chi connectivity index (χ3v) is 4.27. The number of nitrogens with zero attached hydrogens (tertiary/aromatic N) is 1. The van der Waals surface area contributed by atoms with Gasteiger partial charge in [-0.15, -0.1) is 0 Å². The van der Waals surface area contributed by atoms with Crippen molar-refractivity contribution in [2.45, 2.75) is 25.8 Å². The third kappa shape index (κ3) is 2.84. The molecule has 2 aliphatic rings. The molecule has 0 spiro atoms. The molecule has 2 heterocycles. The lowest BCUT2D eigenvalue weighted by Gasteiger charge is -2.30. The fraction of sp³-hybridized carbons (Fsp3) is 0.412. The van der Waals surface area contributed by atoms with Crippen LogP contribution in [-0.2, 0) is 9.59 Å². The zero-order chi connectivity index (χ0) is 14.8. The molecule has 0 bridgehead atoms. The van der Waals surface area contributed by atoms with Crippen molar-refractivity contribution in [3.05, 3.63) is 42.0 Å². The van der Waals surface area contributed by atoms with Crippen molar-refractivity contribution in [1.82, 2.24) is 10.2 Å². The molecule has 0 aliphatic carbocycles. The fourth-order valence-electron chi connectivity index (χ4n) is 3.08. The molecule has 2 amide bonds. The Kier molecular flexibility index (Phi) is 3.78. The fourth-order valence-corrected chi connectivity index (χ4v) is 3.08. The van der Waals surface area contributed by atoms with Crippen molar-refractivity contribution in [2.24, 2.45) is 5.92 Å². The van der Waals surface area contributed by atoms with E-state index in [0.29, 0.717) is 13.0 Å². The summed E-state index contributed by atoms with van der Waals surface area (Å²) < 4.78 is 0. The predicted octanol–water partition coefficient (Wildman–Crippen LogP) is 1.83. The Morgan fingerprint density at radius 1 is 1.29 bits per heavy atom. The molecule has 1 aromatic rings. The highest BCUT2D eigenvalue weighted by molar-refractivity contribution is 5.92. The first-order valence-electron chi connectivity index (χ1n) is 7.48. The number of hydrogen-bond acceptors (Lipinski definition) is 2. The smallest absolute Gasteiger partial charge is 0.245 e. The van der Waals surface area contributed by atoms with Gasteiger partial charge < -0.3 is 10.2 Å². The van der Waals surface area contributed by atoms with Gasteiger partial charge >= 0.3 is 0 Å². The molecule has 4 heteroatoms. The van der Waals surface area contributed by atoms with Crippen LogP contribution in [0, 0.1) is 5.92 Å². The SMILES string of the molecule is CC1CC(=O)NC1C(=O)N1CCC=C(c2ccccc2)C1. The van der Waals surface area contributed by atoms with Crippen molar-refractivity contribution in [1.29, 1.82) is 0 Å². The van der Waals surface area contributed by atoms with Gasteiger partial charge in [0.05, 0.1) is 0 Å². The maximum Gasteiger partial charge on any atom is 0.245 e. The molecule has 1 saturated heterocycles. The predicted molar refractivity (Wildman–Crippen MR) is 81.3 cm³/mol. The molecule has 0 radical (unpaired) electrons. The van der Waals surface area contributed by atoms with Gasteiger partial charge in [0.1, 0.15) is 6.04 Å². The van der Waals surface area contributed by atoms with Crippen LogP contribution in [0.2, 0.25) is 0 Å². The van der Waals surface area contributed by atoms with Crippen LogP contribution in [0.25, 0.3) is 5.57 Å². The topological polar surface area (TPSA) is 49.4 Å². The van der Waals surface area contributed by atoms with Gasteiger partial charge in [0.25, 0.3) is 0 Å². The summed E-state index contributed by atoms with van der Waals surface area (Å²) in [5.41, 5.74) is 2.35. The lowest BCUT2D eigenvalue weighted by Crippen LogP contribution is -2.48. The molecule has 1 N–H and O–H groups in total. The van der Waals surface area contributed by atoms with Gasteiger partial charge in [-0.2, -0.15) is 0 Å². The molecular formula is C17H20N2O2. The molecule has 2 unspecified atom stereocenters. The van der Waals surface area contributed by atoms with E-state index in [9.17, 15) is 9.59 Å². The molecule has 110 valence electrons. The first-order chi connectivity index (χ1) is 10.1. The third-order valence-electron chi connectivity index (χ3n) is 4.27. The summed E-state index contributed by atoms with van der Waals surface area (Å²) in [5, 5.41) is 2.81. The van der Waals surface area contributed by atoms with E-state index in [1.807, 2.05) is 30.0 Å². The zero-order valence-electron chi connectivity index (χ0n) is 12.2. The van der Waals surface area contributed by atoms with Crippen molar-refractivity contribution < 1.29 is 9.59 Å². The van der Waals surface area contributed by atoms with Crippen molar-refractivity contribution >= 4 is 17.4 Å². The van der Waals surface area contributed by atoms with Crippen LogP contribution in [0.15, 0.2) is 36.4 Å². The van der Waals surface area contributed by atoms with E-state index >= 15 is 0 Å². The second kappa shape index (κ2) is 5.72. The van der Waals surface area contributed by atoms with Crippen molar-refractivity contribution in [3.63, 3.8) is 0 Å². The van der Waals surface area contributed by atoms with Gasteiger partial charge in [0.2, 0.25) is 11.8 Å². The number of amides is 2. The van der Waals surface area contributed by atoms with Gasteiger partial charge in [0, 0.05) is 19.5 Å². The highest BCUT2D eigenvalue weighted by Gasteiger charge is 2.37. The quantitative estimate of drug-likeness (QED) is 0.900. The second-order valence-corrected chi connectivity index (χ2v) is 5.87. The molecule has 3 rings (SSSR count). The van der Waals surface area contributed by atoms with E-state index in [2.05, 4.69) is 23.5 Å². The van der Waals surface area contributed by atoms with Crippen molar-refractivity contribution in [3.8, 4) is 0 Å². The summed E-state index contributed by atoms with van der Waals surface area (Å²) in [6.07, 6.45) is 3.52. The van der Waals surface area contributed by atoms with Crippen LogP contribution in [-0.4, -0.2) is 35.8 Å². The minimum absolute atomic E-state index is 0.0170. The van der Waals surface area contributed by atoms with Crippen LogP contribution in [0.3, 0.4) is 0 Å². The Bertz CT molecular complexity index is 580. The van der Waals surface area contributed by atoms with Crippen LogP contribution in [0.1, 0.15) is 25.3 Å². The molecule has 1 fully saturated rings. The number of carbonyl (C=O) groups excluding carboxylic acids is 2. The number of nitrogens with one attached hydrogen (secondary N) is 1. The number of benzene rings is 1. The molecule has 4 nitrogen and oxygen atoms in total. The maximum atomic E-state index is 12.6. The van der Waals surface area contributed by atoms with E-state index in [-0.39, 0.29) is 23.8 Å². The van der Waals surface area contributed by atoms with Crippen LogP contribution in [0.4, 0.5) is 0 Å². The van der Waals surface area contributed by atoms with E-state index in [1.54, 1.807) is 0 Å². The number of rotatable bonds is 2. The summed E-state index contributed by atoms with van der Waals surface area (Å²) in [4.78, 5) is 25.9. The molecule has 0 saturated carbocycles. The van der Waals surface area contributed by atoms with Crippen LogP contribution < -0.4 is 5.32 Å². The van der Waals surface area contributed by atoms with Gasteiger partial charge in [-0.05, 0) is 23.5 Å². The molecular weight excluding hydrogens is 264 g/mol. The average molecular weight is 284 g/mol. The minimum Gasteiger partial charge on any atom is -0.344 e. The highest BCUT2D eigenvalue weighted by Crippen LogP contribution is 2.24. The largest absolute Gasteiger partial charge is 0.344 e. The molecule has 2 aliphatic heterocycles. The molecule has 0 aromatic heterocycles. The zero-order valence-corrected chi connectivity index (χ0v) is 12.2. The minimum atomic E-state index is -0.354. The van der Waals surface area contributed by atoms with Gasteiger partial charge in [-0.1, -0.05) is 43.3 Å². The highest BCUT2D eigenvalue weighted by atomic mass is 16.2. The Morgan fingerprint density at radius 2 is 2.05 bits per heavy atom. The standard InChI is InChI=1S/C17H20N2O2/c1-12-10-15(20)18-16(12)17(21)19-9-5-8-14(11-19)13-6-3-2-4-7-13/h2-4,6-8,12,16H,5,9-11H2,1H3,(H,18,20). The monoisotopic (exact) mass is 284 g/mol. The van der Waals surface area contributed by atoms with Crippen LogP contribution in [0.5, 0.6) is 0 Å². The number of carbonyl (C=O) groups is 2. The number of hydrogen-bond donors (Lipinski definition) is 1. The Balaban J connectivity index is 1.72. The maximum absolute atomic E-state index is 12.6. The van der Waals surface area contributed by atoms with E-state index < -0.39 is 0 Å². The Morgan fingerprint density at radius 3 is 2.71 bits per heavy atom. The van der Waals surface area contributed by atoms with E-state index in [4.69, 9.17) is 0 Å². The summed E-state index contributed by atoms with van der Waals surface area (Å²) in [7, 11) is 0. The lowest BCUT2D eigenvalue weighted by atomic mass is 9.98. The van der Waals surface area contributed by atoms with Gasteiger partial charge in [-0.25, -0.2) is 0 Å². The molecule has 1 aromatic carbocycles. The molecule has 21 heavy (non-hydrogen) atoms. The Labute approximate surface area is 124 Å². The first-order valence-corrected chi connectivity index (χ1v) is 7.48. The molecule has 2 atom stereocenters. The Hall–Kier alpha value is -2.10. The van der Waals surface area contributed by atoms with Gasteiger partial charge in [-0.3, -0.25) is 9.59 Å². The summed E-state index contributed by atoms with van der Waals surface area (Å²) in [6, 6.07) is 9.80. The van der Waals surface area contributed by atoms with E-state index in [0.717, 1.165) is 13.0 Å². The van der Waals surface area contributed by atoms with Gasteiger partial charge in [0.15, 0.2) is 0 Å². The normalized spacial score (nSPS) is 25.5. The average Bonchev–Trinajstić information content (AvgIpc) is 2.86. The summed E-state index contributed by atoms with van der Waals surface area (Å²) >= 11 is 0. The summed E-state index contributed by atoms with van der Waals surface area (Å²) in [6.45, 7) is 3.31. The van der Waals surface area contributed by atoms with Crippen molar-refractivity contribution in [2.75, 3.05) is 13.1 Å². The van der Waals surface area contributed by atoms with Crippen LogP contribution >= 0.6 is 0 Å². The summed E-state index contributed by atoms with van der Waals surface area (Å²) in [5.74, 6) is 0.114. The second-order valence-electron chi connectivity index (χ2n) is 5.87.